The van der Waals surface area contributed by atoms with Crippen LogP contribution < -0.4 is 10.0 Å². The van der Waals surface area contributed by atoms with Gasteiger partial charge in [-0.2, -0.15) is 0 Å². The lowest BCUT2D eigenvalue weighted by Crippen LogP contribution is -2.33. The van der Waals surface area contributed by atoms with Crippen LogP contribution in [0.25, 0.3) is 0 Å². The van der Waals surface area contributed by atoms with Gasteiger partial charge in [0.05, 0.1) is 4.90 Å². The molecule has 0 atom stereocenters. The van der Waals surface area contributed by atoms with E-state index >= 15 is 0 Å². The SMILES string of the molecule is CCC(C)(C)CNS(=O)(=O)c1c[nH]c(CNC(C)C)c1. The van der Waals surface area contributed by atoms with Gasteiger partial charge in [-0.15, -0.1) is 0 Å². The molecule has 1 aromatic rings. The monoisotopic (exact) mass is 301 g/mol. The van der Waals surface area contributed by atoms with Crippen LogP contribution in [0.1, 0.15) is 46.7 Å². The Labute approximate surface area is 122 Å². The predicted molar refractivity (Wildman–Crippen MR) is 82.0 cm³/mol. The molecule has 0 bridgehead atoms. The predicted octanol–water partition coefficient (Wildman–Crippen LogP) is 2.23. The zero-order valence-corrected chi connectivity index (χ0v) is 13.9. The molecule has 1 heterocycles. The Hall–Kier alpha value is -0.850. The summed E-state index contributed by atoms with van der Waals surface area (Å²) in [6.45, 7) is 11.3. The molecule has 116 valence electrons. The van der Waals surface area contributed by atoms with Crippen molar-refractivity contribution >= 4 is 10.0 Å². The first-order chi connectivity index (χ1) is 9.16. The van der Waals surface area contributed by atoms with Gasteiger partial charge in [0.15, 0.2) is 0 Å². The lowest BCUT2D eigenvalue weighted by atomic mass is 9.91. The van der Waals surface area contributed by atoms with Crippen LogP contribution in [-0.2, 0) is 16.6 Å². The molecule has 0 aliphatic heterocycles. The first kappa shape index (κ1) is 17.2. The molecule has 1 rings (SSSR count). The summed E-state index contributed by atoms with van der Waals surface area (Å²) in [6, 6.07) is 2.04. The smallest absolute Gasteiger partial charge is 0.242 e. The molecule has 0 radical (unpaired) electrons. The summed E-state index contributed by atoms with van der Waals surface area (Å²) in [4.78, 5) is 3.29. The first-order valence-corrected chi connectivity index (χ1v) is 8.55. The van der Waals surface area contributed by atoms with Crippen LogP contribution in [-0.4, -0.2) is 26.0 Å². The molecule has 3 N–H and O–H groups in total. The van der Waals surface area contributed by atoms with E-state index in [1.54, 1.807) is 12.3 Å². The lowest BCUT2D eigenvalue weighted by molar-refractivity contribution is 0.350. The molecule has 1 aromatic heterocycles. The van der Waals surface area contributed by atoms with Gasteiger partial charge in [0, 0.05) is 31.0 Å². The van der Waals surface area contributed by atoms with Crippen molar-refractivity contribution in [2.45, 2.75) is 58.5 Å². The second kappa shape index (κ2) is 6.74. The maximum atomic E-state index is 12.2. The molecule has 0 aliphatic rings. The maximum Gasteiger partial charge on any atom is 0.242 e. The van der Waals surface area contributed by atoms with E-state index in [-0.39, 0.29) is 5.41 Å². The fraction of sp³-hybridized carbons (Fsp3) is 0.714. The fourth-order valence-corrected chi connectivity index (χ4v) is 2.75. The third-order valence-corrected chi connectivity index (χ3v) is 4.81. The van der Waals surface area contributed by atoms with Crippen molar-refractivity contribution in [1.82, 2.24) is 15.0 Å². The number of sulfonamides is 1. The van der Waals surface area contributed by atoms with Gasteiger partial charge in [-0.05, 0) is 17.9 Å². The van der Waals surface area contributed by atoms with Crippen LogP contribution in [0.15, 0.2) is 17.2 Å². The second-order valence-corrected chi connectivity index (χ2v) is 8.01. The van der Waals surface area contributed by atoms with Crippen molar-refractivity contribution in [1.29, 1.82) is 0 Å². The van der Waals surface area contributed by atoms with Gasteiger partial charge < -0.3 is 10.3 Å². The highest BCUT2D eigenvalue weighted by atomic mass is 32.2. The summed E-state index contributed by atoms with van der Waals surface area (Å²) in [5.41, 5.74) is 0.833. The highest BCUT2D eigenvalue weighted by Crippen LogP contribution is 2.19. The quantitative estimate of drug-likeness (QED) is 0.689. The van der Waals surface area contributed by atoms with Gasteiger partial charge in [-0.1, -0.05) is 34.6 Å². The lowest BCUT2D eigenvalue weighted by Gasteiger charge is -2.22. The molecular weight excluding hydrogens is 274 g/mol. The standard InChI is InChI=1S/C14H27N3O2S/c1-6-14(4,5)10-17-20(18,19)13-7-12(16-9-13)8-15-11(2)3/h7,9,11,15-17H,6,8,10H2,1-5H3. The minimum Gasteiger partial charge on any atom is -0.363 e. The Morgan fingerprint density at radius 1 is 1.35 bits per heavy atom. The zero-order valence-electron chi connectivity index (χ0n) is 13.1. The largest absolute Gasteiger partial charge is 0.363 e. The van der Waals surface area contributed by atoms with Gasteiger partial charge >= 0.3 is 0 Å². The number of rotatable bonds is 8. The van der Waals surface area contributed by atoms with Gasteiger partial charge in [-0.25, -0.2) is 13.1 Å². The molecule has 20 heavy (non-hydrogen) atoms. The van der Waals surface area contributed by atoms with E-state index in [2.05, 4.69) is 35.8 Å². The van der Waals surface area contributed by atoms with Crippen LogP contribution in [0.4, 0.5) is 0 Å². The molecule has 0 spiro atoms. The number of hydrogen-bond donors (Lipinski definition) is 3. The van der Waals surface area contributed by atoms with Gasteiger partial charge in [0.2, 0.25) is 10.0 Å². The fourth-order valence-electron chi connectivity index (χ4n) is 1.49. The van der Waals surface area contributed by atoms with E-state index in [0.29, 0.717) is 24.0 Å². The Bertz CT molecular complexity index is 518. The van der Waals surface area contributed by atoms with Crippen molar-refractivity contribution in [2.24, 2.45) is 5.41 Å². The number of H-pyrrole nitrogens is 1. The Morgan fingerprint density at radius 3 is 2.55 bits per heavy atom. The number of aromatic nitrogens is 1. The molecule has 0 aromatic carbocycles. The third kappa shape index (κ3) is 5.26. The first-order valence-electron chi connectivity index (χ1n) is 7.06. The van der Waals surface area contributed by atoms with Crippen LogP contribution in [0.3, 0.4) is 0 Å². The van der Waals surface area contributed by atoms with E-state index in [9.17, 15) is 8.42 Å². The molecule has 6 heteroatoms. The van der Waals surface area contributed by atoms with Crippen molar-refractivity contribution in [3.63, 3.8) is 0 Å². The van der Waals surface area contributed by atoms with Gasteiger partial charge in [0.1, 0.15) is 0 Å². The molecule has 0 saturated carbocycles. The Kier molecular flexibility index (Phi) is 5.79. The average molecular weight is 301 g/mol. The summed E-state index contributed by atoms with van der Waals surface area (Å²) in [5.74, 6) is 0. The second-order valence-electron chi connectivity index (χ2n) is 6.24. The van der Waals surface area contributed by atoms with E-state index in [1.165, 1.54) is 0 Å². The normalized spacial score (nSPS) is 13.1. The van der Waals surface area contributed by atoms with Gasteiger partial charge in [-0.3, -0.25) is 0 Å². The van der Waals surface area contributed by atoms with Crippen molar-refractivity contribution < 1.29 is 8.42 Å². The number of nitrogens with one attached hydrogen (secondary N) is 3. The van der Waals surface area contributed by atoms with Crippen molar-refractivity contribution in [3.8, 4) is 0 Å². The maximum absolute atomic E-state index is 12.2. The van der Waals surface area contributed by atoms with Crippen molar-refractivity contribution in [2.75, 3.05) is 6.54 Å². The average Bonchev–Trinajstić information content (AvgIpc) is 2.84. The number of aromatic amines is 1. The summed E-state index contributed by atoms with van der Waals surface area (Å²) in [7, 11) is -3.43. The Balaban J connectivity index is 2.69. The van der Waals surface area contributed by atoms with Crippen LogP contribution in [0.2, 0.25) is 0 Å². The summed E-state index contributed by atoms with van der Waals surface area (Å²) in [6.07, 6.45) is 2.46. The third-order valence-electron chi connectivity index (χ3n) is 3.43. The molecule has 0 saturated heterocycles. The summed E-state index contributed by atoms with van der Waals surface area (Å²) in [5, 5.41) is 3.25. The molecule has 0 amide bonds. The molecule has 0 fully saturated rings. The topological polar surface area (TPSA) is 74.0 Å². The molecular formula is C14H27N3O2S. The summed E-state index contributed by atoms with van der Waals surface area (Å²) < 4.78 is 27.1. The van der Waals surface area contributed by atoms with Crippen molar-refractivity contribution in [3.05, 3.63) is 18.0 Å². The summed E-state index contributed by atoms with van der Waals surface area (Å²) >= 11 is 0. The van der Waals surface area contributed by atoms with E-state index in [4.69, 9.17) is 0 Å². The van der Waals surface area contributed by atoms with Crippen LogP contribution >= 0.6 is 0 Å². The minimum absolute atomic E-state index is 0.0363. The van der Waals surface area contributed by atoms with Crippen LogP contribution in [0, 0.1) is 5.41 Å². The number of hydrogen-bond acceptors (Lipinski definition) is 3. The minimum atomic E-state index is -3.43. The highest BCUT2D eigenvalue weighted by Gasteiger charge is 2.21. The molecule has 5 nitrogen and oxygen atoms in total. The van der Waals surface area contributed by atoms with Gasteiger partial charge in [0.25, 0.3) is 0 Å². The van der Waals surface area contributed by atoms with E-state index in [0.717, 1.165) is 12.1 Å². The zero-order chi connectivity index (χ0) is 15.4. The van der Waals surface area contributed by atoms with E-state index in [1.807, 2.05) is 13.8 Å². The Morgan fingerprint density at radius 2 is 2.00 bits per heavy atom. The van der Waals surface area contributed by atoms with Crippen LogP contribution in [0.5, 0.6) is 0 Å². The highest BCUT2D eigenvalue weighted by molar-refractivity contribution is 7.89. The molecule has 0 unspecified atom stereocenters. The molecule has 0 aliphatic carbocycles. The van der Waals surface area contributed by atoms with E-state index < -0.39 is 10.0 Å².